The fourth-order valence-corrected chi connectivity index (χ4v) is 3.62. The quantitative estimate of drug-likeness (QED) is 0.379. The second-order valence-electron chi connectivity index (χ2n) is 8.59. The molecule has 0 bridgehead atoms. The van der Waals surface area contributed by atoms with Crippen LogP contribution in [-0.4, -0.2) is 46.2 Å². The maximum atomic E-state index is 11.8. The largest absolute Gasteiger partial charge is 0.376 e. The summed E-state index contributed by atoms with van der Waals surface area (Å²) < 4.78 is 0. The maximum Gasteiger partial charge on any atom is 0.231 e. The van der Waals surface area contributed by atoms with E-state index in [1.54, 1.807) is 11.8 Å². The van der Waals surface area contributed by atoms with Gasteiger partial charge in [0.25, 0.3) is 0 Å². The third-order valence-electron chi connectivity index (χ3n) is 5.31. The average Bonchev–Trinajstić information content (AvgIpc) is 3.16. The van der Waals surface area contributed by atoms with Crippen LogP contribution in [0.2, 0.25) is 0 Å². The van der Waals surface area contributed by atoms with Crippen molar-refractivity contribution >= 4 is 29.1 Å². The van der Waals surface area contributed by atoms with E-state index in [2.05, 4.69) is 50.5 Å². The predicted molar refractivity (Wildman–Crippen MR) is 129 cm³/mol. The van der Waals surface area contributed by atoms with Gasteiger partial charge in [0.2, 0.25) is 5.95 Å². The number of aromatic nitrogens is 2. The van der Waals surface area contributed by atoms with Crippen LogP contribution in [0.1, 0.15) is 63.9 Å². The Labute approximate surface area is 190 Å². The second kappa shape index (κ2) is 10.1. The third-order valence-corrected chi connectivity index (χ3v) is 5.31. The number of hydrogen-bond donors (Lipinski definition) is 3. The van der Waals surface area contributed by atoms with Crippen molar-refractivity contribution in [2.75, 3.05) is 33.5 Å². The van der Waals surface area contributed by atoms with Crippen molar-refractivity contribution in [1.29, 1.82) is 0 Å². The SMILES string of the molecule is CCCN(CO)c1nc(NCc2cccc(C(C)=O)c2)c2c(n1)N(C(C)C)NN2C(C)C. The minimum atomic E-state index is -0.157. The number of nitrogens with one attached hydrogen (secondary N) is 2. The van der Waals surface area contributed by atoms with Crippen LogP contribution in [0.4, 0.5) is 23.3 Å². The predicted octanol–water partition coefficient (Wildman–Crippen LogP) is 3.32. The van der Waals surface area contributed by atoms with Gasteiger partial charge < -0.3 is 15.3 Å². The van der Waals surface area contributed by atoms with Gasteiger partial charge in [-0.1, -0.05) is 25.1 Å². The highest BCUT2D eigenvalue weighted by molar-refractivity contribution is 5.94. The van der Waals surface area contributed by atoms with Gasteiger partial charge in [0.05, 0.1) is 0 Å². The molecule has 32 heavy (non-hydrogen) atoms. The molecule has 1 aromatic carbocycles. The Balaban J connectivity index is 2.04. The van der Waals surface area contributed by atoms with E-state index in [1.165, 1.54) is 0 Å². The molecule has 3 N–H and O–H groups in total. The van der Waals surface area contributed by atoms with Crippen LogP contribution in [0.25, 0.3) is 0 Å². The van der Waals surface area contributed by atoms with Crippen molar-refractivity contribution in [2.24, 2.45) is 0 Å². The first-order chi connectivity index (χ1) is 15.3. The van der Waals surface area contributed by atoms with Crippen molar-refractivity contribution < 1.29 is 9.90 Å². The number of carbonyl (C=O) groups is 1. The van der Waals surface area contributed by atoms with E-state index in [1.807, 2.05) is 29.3 Å². The van der Waals surface area contributed by atoms with E-state index in [9.17, 15) is 9.90 Å². The normalized spacial score (nSPS) is 13.2. The van der Waals surface area contributed by atoms with Gasteiger partial charge in [-0.3, -0.25) is 14.8 Å². The zero-order valence-electron chi connectivity index (χ0n) is 19.9. The Morgan fingerprint density at radius 1 is 1.19 bits per heavy atom. The number of benzene rings is 1. The molecule has 2 aromatic rings. The summed E-state index contributed by atoms with van der Waals surface area (Å²) >= 11 is 0. The molecule has 0 saturated carbocycles. The average molecular weight is 442 g/mol. The molecule has 1 aliphatic heterocycles. The fourth-order valence-electron chi connectivity index (χ4n) is 3.62. The molecular formula is C23H35N7O2. The van der Waals surface area contributed by atoms with Crippen molar-refractivity contribution in [3.63, 3.8) is 0 Å². The highest BCUT2D eigenvalue weighted by Gasteiger charge is 2.35. The van der Waals surface area contributed by atoms with E-state index >= 15 is 0 Å². The smallest absolute Gasteiger partial charge is 0.231 e. The Hall–Kier alpha value is -2.91. The summed E-state index contributed by atoms with van der Waals surface area (Å²) in [4.78, 5) is 23.2. The Morgan fingerprint density at radius 2 is 1.91 bits per heavy atom. The lowest BCUT2D eigenvalue weighted by Crippen LogP contribution is -2.50. The van der Waals surface area contributed by atoms with Crippen molar-refractivity contribution in [1.82, 2.24) is 15.5 Å². The number of aliphatic hydroxyl groups excluding tert-OH is 1. The van der Waals surface area contributed by atoms with Gasteiger partial charge in [-0.2, -0.15) is 9.97 Å². The number of hydrazine groups is 2. The Bertz CT molecular complexity index is 948. The number of carbonyl (C=O) groups excluding carboxylic acids is 1. The summed E-state index contributed by atoms with van der Waals surface area (Å²) in [5.41, 5.74) is 5.97. The summed E-state index contributed by atoms with van der Waals surface area (Å²) in [6.07, 6.45) is 0.867. The molecule has 0 spiro atoms. The molecule has 0 atom stereocenters. The lowest BCUT2D eigenvalue weighted by Gasteiger charge is -2.27. The minimum absolute atomic E-state index is 0.0398. The number of Topliss-reactive ketones (excluding diaryl/α,β-unsaturated/α-hetero) is 1. The van der Waals surface area contributed by atoms with E-state index < -0.39 is 0 Å². The van der Waals surface area contributed by atoms with E-state index in [-0.39, 0.29) is 24.6 Å². The zero-order chi connectivity index (χ0) is 23.4. The highest BCUT2D eigenvalue weighted by Crippen LogP contribution is 2.40. The molecule has 0 unspecified atom stereocenters. The number of anilines is 4. The summed E-state index contributed by atoms with van der Waals surface area (Å²) in [5, 5.41) is 17.4. The number of rotatable bonds is 10. The molecule has 0 saturated heterocycles. The maximum absolute atomic E-state index is 11.8. The Kier molecular flexibility index (Phi) is 7.52. The van der Waals surface area contributed by atoms with Gasteiger partial charge in [-0.15, -0.1) is 5.53 Å². The van der Waals surface area contributed by atoms with E-state index in [0.717, 1.165) is 23.5 Å². The zero-order valence-corrected chi connectivity index (χ0v) is 19.9. The molecular weight excluding hydrogens is 406 g/mol. The standard InChI is InChI=1S/C23H35N7O2/c1-7-11-28(14-31)23-25-21(24-13-18-9-8-10-19(12-18)17(6)32)20-22(26-23)30(16(4)5)27-29(20)15(2)3/h8-10,12,15-16,27,31H,7,11,13-14H2,1-6H3,(H,24,25,26). The summed E-state index contributed by atoms with van der Waals surface area (Å²) in [5.74, 6) is 1.97. The fraction of sp³-hybridized carbons (Fsp3) is 0.522. The van der Waals surface area contributed by atoms with Crippen LogP contribution in [0.5, 0.6) is 0 Å². The first-order valence-corrected chi connectivity index (χ1v) is 11.2. The van der Waals surface area contributed by atoms with Crippen molar-refractivity contribution in [2.45, 2.75) is 66.6 Å². The summed E-state index contributed by atoms with van der Waals surface area (Å²) in [6.45, 7) is 13.0. The number of hydrogen-bond acceptors (Lipinski definition) is 9. The molecule has 9 heteroatoms. The van der Waals surface area contributed by atoms with Gasteiger partial charge in [-0.25, -0.2) is 0 Å². The molecule has 0 radical (unpaired) electrons. The molecule has 174 valence electrons. The van der Waals surface area contributed by atoms with Crippen LogP contribution in [-0.2, 0) is 6.54 Å². The van der Waals surface area contributed by atoms with Crippen LogP contribution in [0, 0.1) is 0 Å². The van der Waals surface area contributed by atoms with Crippen molar-refractivity contribution in [3.8, 4) is 0 Å². The molecule has 0 aliphatic carbocycles. The van der Waals surface area contributed by atoms with Gasteiger partial charge in [0.1, 0.15) is 12.4 Å². The van der Waals surface area contributed by atoms with Gasteiger partial charge in [-0.05, 0) is 52.7 Å². The molecule has 0 amide bonds. The number of fused-ring (bicyclic) bond motifs is 1. The minimum Gasteiger partial charge on any atom is -0.376 e. The number of nitrogens with zero attached hydrogens (tertiary/aromatic N) is 5. The molecule has 1 aliphatic rings. The molecule has 9 nitrogen and oxygen atoms in total. The van der Waals surface area contributed by atoms with E-state index in [4.69, 9.17) is 9.97 Å². The number of ketones is 1. The van der Waals surface area contributed by atoms with Gasteiger partial charge in [0.15, 0.2) is 17.4 Å². The Morgan fingerprint density at radius 3 is 2.50 bits per heavy atom. The topological polar surface area (TPSA) is 96.9 Å². The summed E-state index contributed by atoms with van der Waals surface area (Å²) in [6, 6.07) is 7.92. The third kappa shape index (κ3) is 4.94. The first kappa shape index (κ1) is 23.7. The molecule has 2 heterocycles. The van der Waals surface area contributed by atoms with Crippen molar-refractivity contribution in [3.05, 3.63) is 35.4 Å². The van der Waals surface area contributed by atoms with Gasteiger partial charge in [0, 0.05) is 30.7 Å². The van der Waals surface area contributed by atoms with Crippen LogP contribution in [0.3, 0.4) is 0 Å². The lowest BCUT2D eigenvalue weighted by atomic mass is 10.1. The van der Waals surface area contributed by atoms with Gasteiger partial charge >= 0.3 is 0 Å². The van der Waals surface area contributed by atoms with Crippen LogP contribution >= 0.6 is 0 Å². The molecule has 0 fully saturated rings. The monoisotopic (exact) mass is 441 g/mol. The molecule has 1 aromatic heterocycles. The summed E-state index contributed by atoms with van der Waals surface area (Å²) in [7, 11) is 0. The second-order valence-corrected chi connectivity index (χ2v) is 8.59. The lowest BCUT2D eigenvalue weighted by molar-refractivity contribution is 0.101. The van der Waals surface area contributed by atoms with Crippen LogP contribution < -0.4 is 25.8 Å². The first-order valence-electron chi connectivity index (χ1n) is 11.2. The van der Waals surface area contributed by atoms with E-state index in [0.29, 0.717) is 30.4 Å². The van der Waals surface area contributed by atoms with Crippen LogP contribution in [0.15, 0.2) is 24.3 Å². The number of aliphatic hydroxyl groups is 1. The highest BCUT2D eigenvalue weighted by atomic mass is 16.3. The molecule has 3 rings (SSSR count).